The maximum atomic E-state index is 10.7. The number of rotatable bonds is 7. The molecule has 0 bridgehead atoms. The number of primary amides is 1. The van der Waals surface area contributed by atoms with Gasteiger partial charge >= 0.3 is 6.09 Å². The second-order valence-corrected chi connectivity index (χ2v) is 5.48. The van der Waals surface area contributed by atoms with E-state index < -0.39 is 6.09 Å². The topological polar surface area (TPSA) is 86.8 Å². The number of nitrogens with zero attached hydrogens (tertiary/aromatic N) is 2. The number of ether oxygens (including phenoxy) is 1. The first-order valence-corrected chi connectivity index (χ1v) is 7.68. The van der Waals surface area contributed by atoms with Crippen molar-refractivity contribution >= 4 is 23.9 Å². The maximum absolute atomic E-state index is 10.7. The average Bonchev–Trinajstić information content (AvgIpc) is 2.54. The Hall–Kier alpha value is -2.60. The van der Waals surface area contributed by atoms with Crippen molar-refractivity contribution in [2.24, 2.45) is 10.9 Å². The standard InChI is InChI=1S/C17H18ClN3O3/c1-12-3-2-4-15(21-12)11-24-20-8-7-13-5-6-16(18)14(9-13)10-23-17(19)22/h2-6,8-9H,7,10-11H2,1H3,(H2,19,22). The predicted octanol–water partition coefficient (Wildman–Crippen LogP) is 3.38. The van der Waals surface area contributed by atoms with Gasteiger partial charge in [-0.05, 0) is 30.7 Å². The summed E-state index contributed by atoms with van der Waals surface area (Å²) in [5, 5.41) is 4.43. The molecular formula is C17H18ClN3O3. The lowest BCUT2D eigenvalue weighted by atomic mass is 10.1. The van der Waals surface area contributed by atoms with Crippen LogP contribution in [-0.4, -0.2) is 17.3 Å². The number of benzene rings is 1. The van der Waals surface area contributed by atoms with Crippen molar-refractivity contribution in [3.63, 3.8) is 0 Å². The number of halogens is 1. The minimum atomic E-state index is -0.837. The molecule has 7 heteroatoms. The van der Waals surface area contributed by atoms with E-state index in [0.717, 1.165) is 17.0 Å². The molecule has 1 amide bonds. The summed E-state index contributed by atoms with van der Waals surface area (Å²) >= 11 is 6.05. The van der Waals surface area contributed by atoms with E-state index in [2.05, 4.69) is 10.1 Å². The highest BCUT2D eigenvalue weighted by Gasteiger charge is 2.04. The zero-order valence-electron chi connectivity index (χ0n) is 13.2. The van der Waals surface area contributed by atoms with Crippen LogP contribution in [0.25, 0.3) is 0 Å². The third kappa shape index (κ3) is 5.89. The Labute approximate surface area is 145 Å². The third-order valence-corrected chi connectivity index (χ3v) is 3.48. The van der Waals surface area contributed by atoms with Crippen molar-refractivity contribution in [1.29, 1.82) is 0 Å². The molecule has 0 aliphatic rings. The van der Waals surface area contributed by atoms with Gasteiger partial charge in [0.2, 0.25) is 0 Å². The Morgan fingerprint density at radius 2 is 2.17 bits per heavy atom. The van der Waals surface area contributed by atoms with Gasteiger partial charge in [0, 0.05) is 28.9 Å². The highest BCUT2D eigenvalue weighted by Crippen LogP contribution is 2.18. The molecule has 1 heterocycles. The predicted molar refractivity (Wildman–Crippen MR) is 91.8 cm³/mol. The number of aryl methyl sites for hydroxylation is 1. The molecule has 0 radical (unpaired) electrons. The van der Waals surface area contributed by atoms with Gasteiger partial charge in [-0.25, -0.2) is 4.79 Å². The van der Waals surface area contributed by atoms with Crippen LogP contribution in [0.15, 0.2) is 41.6 Å². The highest BCUT2D eigenvalue weighted by molar-refractivity contribution is 6.31. The summed E-state index contributed by atoms with van der Waals surface area (Å²) in [7, 11) is 0. The van der Waals surface area contributed by atoms with E-state index in [9.17, 15) is 4.79 Å². The molecule has 0 unspecified atom stereocenters. The van der Waals surface area contributed by atoms with Crippen LogP contribution in [0.2, 0.25) is 5.02 Å². The zero-order chi connectivity index (χ0) is 17.4. The number of oxime groups is 1. The molecule has 0 saturated carbocycles. The lowest BCUT2D eigenvalue weighted by molar-refractivity contribution is 0.128. The van der Waals surface area contributed by atoms with E-state index in [1.165, 1.54) is 0 Å². The van der Waals surface area contributed by atoms with E-state index in [-0.39, 0.29) is 6.61 Å². The van der Waals surface area contributed by atoms with Gasteiger partial charge in [-0.3, -0.25) is 4.98 Å². The summed E-state index contributed by atoms with van der Waals surface area (Å²) in [6, 6.07) is 11.2. The van der Waals surface area contributed by atoms with Gasteiger partial charge < -0.3 is 15.3 Å². The first-order chi connectivity index (χ1) is 11.5. The van der Waals surface area contributed by atoms with Gasteiger partial charge in [0.05, 0.1) is 5.69 Å². The van der Waals surface area contributed by atoms with Gasteiger partial charge in [0.25, 0.3) is 0 Å². The smallest absolute Gasteiger partial charge is 0.404 e. The molecule has 0 fully saturated rings. The molecule has 0 saturated heterocycles. The Morgan fingerprint density at radius 3 is 2.92 bits per heavy atom. The van der Waals surface area contributed by atoms with Crippen LogP contribution in [0, 0.1) is 6.92 Å². The van der Waals surface area contributed by atoms with Crippen LogP contribution in [0.1, 0.15) is 22.5 Å². The minimum absolute atomic E-state index is 0.0364. The number of nitrogens with two attached hydrogens (primary N) is 1. The SMILES string of the molecule is Cc1cccc(CON=CCc2ccc(Cl)c(COC(N)=O)c2)n1. The molecule has 1 aromatic heterocycles. The summed E-state index contributed by atoms with van der Waals surface area (Å²) in [4.78, 5) is 20.2. The molecule has 0 atom stereocenters. The van der Waals surface area contributed by atoms with E-state index in [1.54, 1.807) is 12.3 Å². The average molecular weight is 348 g/mol. The monoisotopic (exact) mass is 347 g/mol. The normalized spacial score (nSPS) is 10.8. The molecule has 0 spiro atoms. The van der Waals surface area contributed by atoms with Crippen LogP contribution in [0.4, 0.5) is 4.79 Å². The van der Waals surface area contributed by atoms with Crippen LogP contribution in [-0.2, 0) is 29.2 Å². The van der Waals surface area contributed by atoms with Crippen molar-refractivity contribution < 1.29 is 14.4 Å². The van der Waals surface area contributed by atoms with Crippen molar-refractivity contribution in [1.82, 2.24) is 4.98 Å². The molecule has 6 nitrogen and oxygen atoms in total. The Balaban J connectivity index is 1.84. The first kappa shape index (κ1) is 17.7. The van der Waals surface area contributed by atoms with Gasteiger partial charge in [-0.2, -0.15) is 0 Å². The number of pyridine rings is 1. The Morgan fingerprint density at radius 1 is 1.33 bits per heavy atom. The Kier molecular flexibility index (Phi) is 6.57. The number of hydrogen-bond donors (Lipinski definition) is 1. The van der Waals surface area contributed by atoms with Gasteiger partial charge in [-0.1, -0.05) is 35.0 Å². The summed E-state index contributed by atoms with van der Waals surface area (Å²) < 4.78 is 4.75. The van der Waals surface area contributed by atoms with Crippen LogP contribution in [0.5, 0.6) is 0 Å². The fourth-order valence-electron chi connectivity index (χ4n) is 1.99. The second kappa shape index (κ2) is 8.88. The molecule has 2 aromatic rings. The number of aromatic nitrogens is 1. The number of carbonyl (C=O) groups excluding carboxylic acids is 1. The van der Waals surface area contributed by atoms with Gasteiger partial charge in [-0.15, -0.1) is 0 Å². The van der Waals surface area contributed by atoms with Gasteiger partial charge in [0.15, 0.2) is 6.61 Å². The van der Waals surface area contributed by atoms with Crippen LogP contribution in [0.3, 0.4) is 0 Å². The molecular weight excluding hydrogens is 330 g/mol. The summed E-state index contributed by atoms with van der Waals surface area (Å²) in [5.74, 6) is 0. The highest BCUT2D eigenvalue weighted by atomic mass is 35.5. The first-order valence-electron chi connectivity index (χ1n) is 7.30. The lowest BCUT2D eigenvalue weighted by Gasteiger charge is -2.06. The van der Waals surface area contributed by atoms with Gasteiger partial charge in [0.1, 0.15) is 6.61 Å². The van der Waals surface area contributed by atoms with Crippen molar-refractivity contribution in [2.45, 2.75) is 26.6 Å². The molecule has 126 valence electrons. The second-order valence-electron chi connectivity index (χ2n) is 5.07. The minimum Gasteiger partial charge on any atom is -0.445 e. The molecule has 2 rings (SSSR count). The van der Waals surface area contributed by atoms with E-state index in [4.69, 9.17) is 26.9 Å². The van der Waals surface area contributed by atoms with Crippen LogP contribution >= 0.6 is 11.6 Å². The summed E-state index contributed by atoms with van der Waals surface area (Å²) in [6.45, 7) is 2.28. The van der Waals surface area contributed by atoms with E-state index >= 15 is 0 Å². The molecule has 0 aliphatic heterocycles. The maximum Gasteiger partial charge on any atom is 0.404 e. The van der Waals surface area contributed by atoms with E-state index in [1.807, 2.05) is 37.3 Å². The van der Waals surface area contributed by atoms with E-state index in [0.29, 0.717) is 23.6 Å². The zero-order valence-corrected chi connectivity index (χ0v) is 14.0. The lowest BCUT2D eigenvalue weighted by Crippen LogP contribution is -2.12. The molecule has 0 aliphatic carbocycles. The number of amides is 1. The third-order valence-electron chi connectivity index (χ3n) is 3.11. The quantitative estimate of drug-likeness (QED) is 0.614. The largest absolute Gasteiger partial charge is 0.445 e. The Bertz CT molecular complexity index is 735. The summed E-state index contributed by atoms with van der Waals surface area (Å²) in [5.41, 5.74) is 8.36. The van der Waals surface area contributed by atoms with Crippen molar-refractivity contribution in [3.05, 3.63) is 63.9 Å². The molecule has 24 heavy (non-hydrogen) atoms. The molecule has 2 N–H and O–H groups in total. The summed E-state index contributed by atoms with van der Waals surface area (Å²) in [6.07, 6.45) is 1.37. The molecule has 1 aromatic carbocycles. The fourth-order valence-corrected chi connectivity index (χ4v) is 2.17. The van der Waals surface area contributed by atoms with Crippen LogP contribution < -0.4 is 5.73 Å². The number of hydrogen-bond acceptors (Lipinski definition) is 5. The van der Waals surface area contributed by atoms with Crippen molar-refractivity contribution in [3.8, 4) is 0 Å². The van der Waals surface area contributed by atoms with Crippen molar-refractivity contribution in [2.75, 3.05) is 0 Å². The fraction of sp³-hybridized carbons (Fsp3) is 0.235. The number of carbonyl (C=O) groups is 1.